The Kier molecular flexibility index (Phi) is 6.45. The second kappa shape index (κ2) is 8.41. The molecule has 27 heavy (non-hydrogen) atoms. The molecule has 0 bridgehead atoms. The molecule has 0 aliphatic rings. The van der Waals surface area contributed by atoms with Crippen LogP contribution in [0.1, 0.15) is 22.3 Å². The molecule has 8 heteroatoms. The molecule has 0 radical (unpaired) electrons. The molecule has 0 aromatic heterocycles. The Morgan fingerprint density at radius 2 is 1.48 bits per heavy atom. The summed E-state index contributed by atoms with van der Waals surface area (Å²) in [6, 6.07) is 8.63. The van der Waals surface area contributed by atoms with Crippen LogP contribution in [0.2, 0.25) is 0 Å². The Morgan fingerprint density at radius 3 is 2.00 bits per heavy atom. The van der Waals surface area contributed by atoms with Gasteiger partial charge in [-0.25, -0.2) is 8.42 Å². The lowest BCUT2D eigenvalue weighted by Gasteiger charge is -2.16. The maximum atomic E-state index is 12.6. The molecule has 1 amide bonds. The van der Waals surface area contributed by atoms with Crippen LogP contribution in [0, 0.1) is 27.7 Å². The van der Waals surface area contributed by atoms with Crippen LogP contribution in [0.5, 0.6) is 11.5 Å². The van der Waals surface area contributed by atoms with Crippen LogP contribution in [-0.4, -0.2) is 28.0 Å². The molecule has 2 aromatic rings. The van der Waals surface area contributed by atoms with E-state index in [9.17, 15) is 13.2 Å². The molecule has 7 nitrogen and oxygen atoms in total. The standard InChI is InChI=1S/C19H24N2O5S/c1-12-10-13(2)15(4)19(14(12)3)27(23,24)21-20-18(22)11-26-17-8-6-16(25-5)7-9-17/h6-10,21H,11H2,1-5H3,(H,20,22). The van der Waals surface area contributed by atoms with Gasteiger partial charge in [-0.15, -0.1) is 4.83 Å². The minimum absolute atomic E-state index is 0.177. The van der Waals surface area contributed by atoms with Gasteiger partial charge >= 0.3 is 0 Å². The zero-order valence-corrected chi connectivity index (χ0v) is 16.9. The summed E-state index contributed by atoms with van der Waals surface area (Å²) in [5, 5.41) is 0. The third-order valence-corrected chi connectivity index (χ3v) is 5.84. The first-order valence-electron chi connectivity index (χ1n) is 8.30. The number of nitrogens with one attached hydrogen (secondary N) is 2. The van der Waals surface area contributed by atoms with E-state index in [-0.39, 0.29) is 11.5 Å². The Labute approximate surface area is 159 Å². The quantitative estimate of drug-likeness (QED) is 0.706. The van der Waals surface area contributed by atoms with Gasteiger partial charge in [0, 0.05) is 0 Å². The number of methoxy groups -OCH3 is 1. The van der Waals surface area contributed by atoms with E-state index >= 15 is 0 Å². The molecule has 146 valence electrons. The lowest BCUT2D eigenvalue weighted by Crippen LogP contribution is -2.44. The number of rotatable bonds is 7. The van der Waals surface area contributed by atoms with Gasteiger partial charge in [0.15, 0.2) is 6.61 Å². The van der Waals surface area contributed by atoms with E-state index in [1.807, 2.05) is 19.9 Å². The average molecular weight is 392 g/mol. The van der Waals surface area contributed by atoms with E-state index in [0.717, 1.165) is 11.1 Å². The van der Waals surface area contributed by atoms with Crippen molar-refractivity contribution in [1.29, 1.82) is 0 Å². The Bertz CT molecular complexity index is 911. The molecule has 2 N–H and O–H groups in total. The lowest BCUT2D eigenvalue weighted by molar-refractivity contribution is -0.123. The van der Waals surface area contributed by atoms with Crippen molar-refractivity contribution in [3.8, 4) is 11.5 Å². The first-order valence-corrected chi connectivity index (χ1v) is 9.79. The van der Waals surface area contributed by atoms with Gasteiger partial charge < -0.3 is 9.47 Å². The topological polar surface area (TPSA) is 93.7 Å². The Balaban J connectivity index is 2.01. The van der Waals surface area contributed by atoms with E-state index in [4.69, 9.17) is 9.47 Å². The van der Waals surface area contributed by atoms with E-state index in [2.05, 4.69) is 10.3 Å². The third kappa shape index (κ3) is 4.99. The van der Waals surface area contributed by atoms with Gasteiger partial charge in [-0.05, 0) is 74.2 Å². The van der Waals surface area contributed by atoms with Crippen LogP contribution in [0.15, 0.2) is 35.2 Å². The number of carbonyl (C=O) groups is 1. The van der Waals surface area contributed by atoms with Crippen molar-refractivity contribution in [3.05, 3.63) is 52.6 Å². The maximum absolute atomic E-state index is 12.6. The molecule has 2 aromatic carbocycles. The third-order valence-electron chi connectivity index (χ3n) is 4.32. The molecule has 0 spiro atoms. The van der Waals surface area contributed by atoms with Gasteiger partial charge in [-0.1, -0.05) is 6.07 Å². The summed E-state index contributed by atoms with van der Waals surface area (Å²) in [4.78, 5) is 14.2. The van der Waals surface area contributed by atoms with E-state index < -0.39 is 15.9 Å². The Hall–Kier alpha value is -2.58. The van der Waals surface area contributed by atoms with Crippen LogP contribution in [0.4, 0.5) is 0 Å². The average Bonchev–Trinajstić information content (AvgIpc) is 2.63. The van der Waals surface area contributed by atoms with Crippen LogP contribution < -0.4 is 19.7 Å². The molecular weight excluding hydrogens is 368 g/mol. The second-order valence-corrected chi connectivity index (χ2v) is 7.83. The molecule has 0 fully saturated rings. The minimum atomic E-state index is -3.91. The molecule has 2 rings (SSSR count). The van der Waals surface area contributed by atoms with Gasteiger partial charge in [-0.3, -0.25) is 10.2 Å². The number of ether oxygens (including phenoxy) is 2. The predicted octanol–water partition coefficient (Wildman–Crippen LogP) is 2.32. The first-order chi connectivity index (χ1) is 12.7. The number of carbonyl (C=O) groups excluding carboxylic acids is 1. The van der Waals surface area contributed by atoms with Gasteiger partial charge in [-0.2, -0.15) is 0 Å². The van der Waals surface area contributed by atoms with Gasteiger partial charge in [0.2, 0.25) is 0 Å². The zero-order valence-electron chi connectivity index (χ0n) is 16.0. The van der Waals surface area contributed by atoms with E-state index in [0.29, 0.717) is 22.6 Å². The SMILES string of the molecule is COc1ccc(OCC(=O)NNS(=O)(=O)c2c(C)c(C)cc(C)c2C)cc1. The maximum Gasteiger partial charge on any atom is 0.272 e. The van der Waals surface area contributed by atoms with Crippen LogP contribution in [0.25, 0.3) is 0 Å². The number of sulfonamides is 1. The number of hydrogen-bond acceptors (Lipinski definition) is 5. The molecule has 0 unspecified atom stereocenters. The van der Waals surface area contributed by atoms with Crippen LogP contribution in [0.3, 0.4) is 0 Å². The summed E-state index contributed by atoms with van der Waals surface area (Å²) in [5.41, 5.74) is 5.21. The van der Waals surface area contributed by atoms with E-state index in [1.54, 1.807) is 45.2 Å². The van der Waals surface area contributed by atoms with Crippen molar-refractivity contribution in [2.75, 3.05) is 13.7 Å². The van der Waals surface area contributed by atoms with Crippen molar-refractivity contribution in [3.63, 3.8) is 0 Å². The highest BCUT2D eigenvalue weighted by Crippen LogP contribution is 2.25. The van der Waals surface area contributed by atoms with Gasteiger partial charge in [0.1, 0.15) is 11.5 Å². The largest absolute Gasteiger partial charge is 0.497 e. The smallest absolute Gasteiger partial charge is 0.272 e. The number of amides is 1. The lowest BCUT2D eigenvalue weighted by atomic mass is 10.0. The van der Waals surface area contributed by atoms with E-state index in [1.165, 1.54) is 0 Å². The highest BCUT2D eigenvalue weighted by Gasteiger charge is 2.22. The molecule has 0 atom stereocenters. The summed E-state index contributed by atoms with van der Waals surface area (Å²) in [6.45, 7) is 6.85. The summed E-state index contributed by atoms with van der Waals surface area (Å²) in [6.07, 6.45) is 0. The van der Waals surface area contributed by atoms with Crippen molar-refractivity contribution < 1.29 is 22.7 Å². The molecule has 0 heterocycles. The highest BCUT2D eigenvalue weighted by molar-refractivity contribution is 7.89. The van der Waals surface area contributed by atoms with Crippen LogP contribution >= 0.6 is 0 Å². The van der Waals surface area contributed by atoms with Gasteiger partial charge in [0.05, 0.1) is 12.0 Å². The van der Waals surface area contributed by atoms with Crippen LogP contribution in [-0.2, 0) is 14.8 Å². The molecule has 0 saturated carbocycles. The zero-order chi connectivity index (χ0) is 20.2. The number of hydrogen-bond donors (Lipinski definition) is 2. The number of aryl methyl sites for hydroxylation is 2. The van der Waals surface area contributed by atoms with Crippen molar-refractivity contribution >= 4 is 15.9 Å². The number of hydrazine groups is 1. The van der Waals surface area contributed by atoms with Crippen molar-refractivity contribution in [2.24, 2.45) is 0 Å². The van der Waals surface area contributed by atoms with Gasteiger partial charge in [0.25, 0.3) is 15.9 Å². The summed E-state index contributed by atoms with van der Waals surface area (Å²) in [5.74, 6) is 0.516. The highest BCUT2D eigenvalue weighted by atomic mass is 32.2. The monoisotopic (exact) mass is 392 g/mol. The minimum Gasteiger partial charge on any atom is -0.497 e. The van der Waals surface area contributed by atoms with Crippen molar-refractivity contribution in [1.82, 2.24) is 10.3 Å². The normalized spacial score (nSPS) is 11.1. The fraction of sp³-hybridized carbons (Fsp3) is 0.316. The Morgan fingerprint density at radius 1 is 0.963 bits per heavy atom. The fourth-order valence-corrected chi connectivity index (χ4v) is 4.09. The summed E-state index contributed by atoms with van der Waals surface area (Å²) < 4.78 is 35.7. The number of benzene rings is 2. The summed E-state index contributed by atoms with van der Waals surface area (Å²) in [7, 11) is -2.36. The predicted molar refractivity (Wildman–Crippen MR) is 102 cm³/mol. The molecule has 0 aliphatic heterocycles. The fourth-order valence-electron chi connectivity index (χ4n) is 2.62. The molecule has 0 aliphatic carbocycles. The molecule has 0 saturated heterocycles. The molecular formula is C19H24N2O5S. The first kappa shape index (κ1) is 20.7. The van der Waals surface area contributed by atoms with Crippen molar-refractivity contribution in [2.45, 2.75) is 32.6 Å². The summed E-state index contributed by atoms with van der Waals surface area (Å²) >= 11 is 0. The second-order valence-electron chi connectivity index (χ2n) is 6.21.